The standard InChI is InChI=1S/C16H23NOS/c1-12-4-7-15(8-5-12)19-10-9-16(18)17-14-6-3-13(2)11-14/h4-5,7-8,13-14H,3,6,9-11H2,1-2H3,(H,17,18). The zero-order valence-electron chi connectivity index (χ0n) is 11.8. The van der Waals surface area contributed by atoms with Crippen LogP contribution >= 0.6 is 11.8 Å². The van der Waals surface area contributed by atoms with E-state index in [9.17, 15) is 4.79 Å². The summed E-state index contributed by atoms with van der Waals surface area (Å²) in [6.45, 7) is 4.35. The molecule has 2 rings (SSSR count). The number of thioether (sulfide) groups is 1. The van der Waals surface area contributed by atoms with Crippen LogP contribution in [0.15, 0.2) is 29.2 Å². The van der Waals surface area contributed by atoms with Crippen molar-refractivity contribution >= 4 is 17.7 Å². The largest absolute Gasteiger partial charge is 0.353 e. The fourth-order valence-electron chi connectivity index (χ4n) is 2.53. The Hall–Kier alpha value is -0.960. The van der Waals surface area contributed by atoms with Crippen LogP contribution in [0.3, 0.4) is 0 Å². The molecule has 0 bridgehead atoms. The van der Waals surface area contributed by atoms with Gasteiger partial charge in [-0.1, -0.05) is 24.6 Å². The highest BCUT2D eigenvalue weighted by Gasteiger charge is 2.22. The Bertz CT molecular complexity index is 415. The molecule has 2 nitrogen and oxygen atoms in total. The molecule has 0 aromatic heterocycles. The van der Waals surface area contributed by atoms with Gasteiger partial charge in [0.1, 0.15) is 0 Å². The van der Waals surface area contributed by atoms with Gasteiger partial charge < -0.3 is 5.32 Å². The molecule has 0 spiro atoms. The van der Waals surface area contributed by atoms with E-state index in [1.807, 2.05) is 0 Å². The number of hydrogen-bond acceptors (Lipinski definition) is 2. The van der Waals surface area contributed by atoms with Gasteiger partial charge in [0.25, 0.3) is 0 Å². The van der Waals surface area contributed by atoms with Gasteiger partial charge in [-0.05, 0) is 44.2 Å². The molecule has 1 amide bonds. The van der Waals surface area contributed by atoms with Crippen molar-refractivity contribution in [3.63, 3.8) is 0 Å². The molecular formula is C16H23NOS. The minimum Gasteiger partial charge on any atom is -0.353 e. The predicted molar refractivity (Wildman–Crippen MR) is 81.5 cm³/mol. The Balaban J connectivity index is 1.65. The van der Waals surface area contributed by atoms with E-state index in [2.05, 4.69) is 43.4 Å². The van der Waals surface area contributed by atoms with E-state index in [1.165, 1.54) is 16.9 Å². The van der Waals surface area contributed by atoms with Gasteiger partial charge in [0.05, 0.1) is 0 Å². The molecule has 0 heterocycles. The summed E-state index contributed by atoms with van der Waals surface area (Å²) >= 11 is 1.76. The van der Waals surface area contributed by atoms with E-state index in [1.54, 1.807) is 11.8 Å². The van der Waals surface area contributed by atoms with E-state index in [0.29, 0.717) is 12.5 Å². The number of hydrogen-bond donors (Lipinski definition) is 1. The molecule has 1 aliphatic carbocycles. The van der Waals surface area contributed by atoms with Crippen LogP contribution in [0, 0.1) is 12.8 Å². The van der Waals surface area contributed by atoms with Gasteiger partial charge in [-0.3, -0.25) is 4.79 Å². The monoisotopic (exact) mass is 277 g/mol. The first-order valence-electron chi connectivity index (χ1n) is 7.12. The van der Waals surface area contributed by atoms with E-state index in [0.717, 1.165) is 24.5 Å². The Morgan fingerprint density at radius 2 is 2.05 bits per heavy atom. The van der Waals surface area contributed by atoms with Crippen molar-refractivity contribution < 1.29 is 4.79 Å². The highest BCUT2D eigenvalue weighted by Crippen LogP contribution is 2.25. The lowest BCUT2D eigenvalue weighted by molar-refractivity contribution is -0.121. The summed E-state index contributed by atoms with van der Waals surface area (Å²) in [5, 5.41) is 3.15. The lowest BCUT2D eigenvalue weighted by atomic mass is 10.1. The van der Waals surface area contributed by atoms with Gasteiger partial charge in [0, 0.05) is 23.1 Å². The first-order valence-corrected chi connectivity index (χ1v) is 8.11. The van der Waals surface area contributed by atoms with Crippen molar-refractivity contribution in [2.75, 3.05) is 5.75 Å². The molecule has 1 aromatic carbocycles. The zero-order valence-corrected chi connectivity index (χ0v) is 12.6. The summed E-state index contributed by atoms with van der Waals surface area (Å²) in [4.78, 5) is 13.1. The van der Waals surface area contributed by atoms with Crippen LogP contribution < -0.4 is 5.32 Å². The maximum absolute atomic E-state index is 11.8. The van der Waals surface area contributed by atoms with Crippen LogP contribution in [0.4, 0.5) is 0 Å². The van der Waals surface area contributed by atoms with Gasteiger partial charge >= 0.3 is 0 Å². The quantitative estimate of drug-likeness (QED) is 0.830. The Morgan fingerprint density at radius 3 is 2.68 bits per heavy atom. The molecule has 2 unspecified atom stereocenters. The highest BCUT2D eigenvalue weighted by atomic mass is 32.2. The van der Waals surface area contributed by atoms with Gasteiger partial charge in [-0.15, -0.1) is 11.8 Å². The summed E-state index contributed by atoms with van der Waals surface area (Å²) < 4.78 is 0. The van der Waals surface area contributed by atoms with Crippen LogP contribution in [0.1, 0.15) is 38.2 Å². The Kier molecular flexibility index (Phi) is 5.32. The SMILES string of the molecule is Cc1ccc(SCCC(=O)NC2CCC(C)C2)cc1. The average Bonchev–Trinajstić information content (AvgIpc) is 2.77. The van der Waals surface area contributed by atoms with Crippen LogP contribution in [-0.2, 0) is 4.79 Å². The number of carbonyl (C=O) groups excluding carboxylic acids is 1. The molecule has 19 heavy (non-hydrogen) atoms. The van der Waals surface area contributed by atoms with E-state index < -0.39 is 0 Å². The lowest BCUT2D eigenvalue weighted by Crippen LogP contribution is -2.33. The van der Waals surface area contributed by atoms with E-state index >= 15 is 0 Å². The minimum absolute atomic E-state index is 0.207. The molecule has 0 radical (unpaired) electrons. The molecule has 1 aliphatic rings. The highest BCUT2D eigenvalue weighted by molar-refractivity contribution is 7.99. The fourth-order valence-corrected chi connectivity index (χ4v) is 3.39. The van der Waals surface area contributed by atoms with E-state index in [-0.39, 0.29) is 5.91 Å². The molecular weight excluding hydrogens is 254 g/mol. The van der Waals surface area contributed by atoms with Crippen molar-refractivity contribution in [2.45, 2.75) is 50.5 Å². The molecule has 3 heteroatoms. The average molecular weight is 277 g/mol. The van der Waals surface area contributed by atoms with Gasteiger partial charge in [-0.25, -0.2) is 0 Å². The first kappa shape index (κ1) is 14.4. The molecule has 1 fully saturated rings. The smallest absolute Gasteiger partial charge is 0.221 e. The number of amides is 1. The third-order valence-corrected chi connectivity index (χ3v) is 4.69. The van der Waals surface area contributed by atoms with Gasteiger partial charge in [0.2, 0.25) is 5.91 Å². The number of benzene rings is 1. The van der Waals surface area contributed by atoms with Crippen LogP contribution in [0.5, 0.6) is 0 Å². The zero-order chi connectivity index (χ0) is 13.7. The van der Waals surface area contributed by atoms with Crippen LogP contribution in [-0.4, -0.2) is 17.7 Å². The number of aryl methyl sites for hydroxylation is 1. The minimum atomic E-state index is 0.207. The summed E-state index contributed by atoms with van der Waals surface area (Å²) in [5.41, 5.74) is 1.28. The topological polar surface area (TPSA) is 29.1 Å². The fraction of sp³-hybridized carbons (Fsp3) is 0.562. The molecule has 0 saturated heterocycles. The second-order valence-electron chi connectivity index (χ2n) is 5.59. The summed E-state index contributed by atoms with van der Waals surface area (Å²) in [6, 6.07) is 8.89. The Morgan fingerprint density at radius 1 is 1.32 bits per heavy atom. The third kappa shape index (κ3) is 4.90. The molecule has 1 aromatic rings. The lowest BCUT2D eigenvalue weighted by Gasteiger charge is -2.12. The summed E-state index contributed by atoms with van der Waals surface area (Å²) in [7, 11) is 0. The summed E-state index contributed by atoms with van der Waals surface area (Å²) in [5.74, 6) is 1.84. The van der Waals surface area contributed by atoms with Crippen LogP contribution in [0.2, 0.25) is 0 Å². The van der Waals surface area contributed by atoms with Crippen molar-refractivity contribution in [1.29, 1.82) is 0 Å². The van der Waals surface area contributed by atoms with Gasteiger partial charge in [-0.2, -0.15) is 0 Å². The second kappa shape index (κ2) is 6.99. The van der Waals surface area contributed by atoms with Crippen LogP contribution in [0.25, 0.3) is 0 Å². The van der Waals surface area contributed by atoms with E-state index in [4.69, 9.17) is 0 Å². The van der Waals surface area contributed by atoms with Crippen molar-refractivity contribution in [3.05, 3.63) is 29.8 Å². The molecule has 104 valence electrons. The van der Waals surface area contributed by atoms with Crippen molar-refractivity contribution in [1.82, 2.24) is 5.32 Å². The molecule has 1 saturated carbocycles. The van der Waals surface area contributed by atoms with Crippen molar-refractivity contribution in [2.24, 2.45) is 5.92 Å². The number of carbonyl (C=O) groups is 1. The third-order valence-electron chi connectivity index (χ3n) is 3.68. The first-order chi connectivity index (χ1) is 9.13. The van der Waals surface area contributed by atoms with Gasteiger partial charge in [0.15, 0.2) is 0 Å². The number of rotatable bonds is 5. The molecule has 0 aliphatic heterocycles. The van der Waals surface area contributed by atoms with Crippen molar-refractivity contribution in [3.8, 4) is 0 Å². The summed E-state index contributed by atoms with van der Waals surface area (Å²) in [6.07, 6.45) is 4.17. The Labute approximate surface area is 120 Å². The molecule has 2 atom stereocenters. The maximum atomic E-state index is 11.8. The predicted octanol–water partition coefficient (Wildman–Crippen LogP) is 3.78. The normalized spacial score (nSPS) is 22.4. The maximum Gasteiger partial charge on any atom is 0.221 e. The second-order valence-corrected chi connectivity index (χ2v) is 6.76. The molecule has 1 N–H and O–H groups in total. The number of nitrogens with one attached hydrogen (secondary N) is 1.